The summed E-state index contributed by atoms with van der Waals surface area (Å²) in [5.41, 5.74) is 1.14. The minimum absolute atomic E-state index is 0.0744. The van der Waals surface area contributed by atoms with Gasteiger partial charge in [0, 0.05) is 17.0 Å². The zero-order valence-corrected chi connectivity index (χ0v) is 11.6. The van der Waals surface area contributed by atoms with Crippen LogP contribution < -0.4 is 4.74 Å². The topological polar surface area (TPSA) is 22.1 Å². The lowest BCUT2D eigenvalue weighted by molar-refractivity contribution is 0.275. The second-order valence-corrected chi connectivity index (χ2v) is 5.46. The highest BCUT2D eigenvalue weighted by Crippen LogP contribution is 2.22. The number of aromatic nitrogens is 1. The van der Waals surface area contributed by atoms with Gasteiger partial charge in [0.25, 0.3) is 0 Å². The highest BCUT2D eigenvalue weighted by molar-refractivity contribution is 5.23. The third-order valence-corrected chi connectivity index (χ3v) is 2.77. The summed E-state index contributed by atoms with van der Waals surface area (Å²) in [6.45, 7) is 14.6. The number of allylic oxidation sites excluding steroid dienone is 1. The number of ether oxygens (including phenoxy) is 1. The van der Waals surface area contributed by atoms with Crippen LogP contribution in [0.4, 0.5) is 0 Å². The summed E-state index contributed by atoms with van der Waals surface area (Å²) in [5.74, 6) is 1.11. The average Bonchev–Trinajstić information content (AvgIpc) is 2.34. The first kappa shape index (κ1) is 14.5. The molecule has 0 saturated heterocycles. The molecule has 0 amide bonds. The largest absolute Gasteiger partial charge is 0.491 e. The zero-order valence-electron chi connectivity index (χ0n) is 11.6. The van der Waals surface area contributed by atoms with Crippen LogP contribution in [0.15, 0.2) is 43.6 Å². The molecule has 0 aliphatic heterocycles. The van der Waals surface area contributed by atoms with Gasteiger partial charge >= 0.3 is 0 Å². The van der Waals surface area contributed by atoms with Gasteiger partial charge in [0.1, 0.15) is 5.75 Å². The molecule has 1 aromatic heterocycles. The molecule has 1 heterocycles. The fraction of sp³-hybridized carbons (Fsp3) is 0.438. The molecule has 0 saturated carbocycles. The normalized spacial score (nSPS) is 12.8. The Morgan fingerprint density at radius 2 is 2.06 bits per heavy atom. The first-order valence-electron chi connectivity index (χ1n) is 6.30. The van der Waals surface area contributed by atoms with Crippen molar-refractivity contribution < 1.29 is 4.74 Å². The molecule has 2 heteroatoms. The highest BCUT2D eigenvalue weighted by atomic mass is 16.5. The quantitative estimate of drug-likeness (QED) is 0.703. The summed E-state index contributed by atoms with van der Waals surface area (Å²) in [6.07, 6.45) is 6.46. The minimum Gasteiger partial charge on any atom is -0.491 e. The van der Waals surface area contributed by atoms with Crippen molar-refractivity contribution in [2.45, 2.75) is 32.6 Å². The molecule has 1 atom stereocenters. The predicted octanol–water partition coefficient (Wildman–Crippen LogP) is 4.14. The van der Waals surface area contributed by atoms with Gasteiger partial charge in [-0.1, -0.05) is 32.9 Å². The third kappa shape index (κ3) is 4.36. The molecular formula is C16H23NO. The van der Waals surface area contributed by atoms with Crippen LogP contribution in [0.25, 0.3) is 0 Å². The summed E-state index contributed by atoms with van der Waals surface area (Å²) in [5, 5.41) is 0. The Bertz CT molecular complexity index is 387. The number of pyridine rings is 1. The van der Waals surface area contributed by atoms with Gasteiger partial charge in [-0.3, -0.25) is 4.98 Å². The molecule has 0 radical (unpaired) electrons. The van der Waals surface area contributed by atoms with E-state index in [1.807, 2.05) is 24.3 Å². The van der Waals surface area contributed by atoms with Gasteiger partial charge in [-0.05, 0) is 18.6 Å². The fourth-order valence-corrected chi connectivity index (χ4v) is 1.56. The standard InChI is InChI=1S/C16H23NO/c1-6-8-13(7-2)12-18-14-9-10-15(17-11-14)16(3,4)5/h6-7,9-11,13H,1-2,8,12H2,3-5H3. The Balaban J connectivity index is 2.58. The van der Waals surface area contributed by atoms with Crippen LogP contribution in [-0.2, 0) is 5.41 Å². The monoisotopic (exact) mass is 245 g/mol. The Morgan fingerprint density at radius 1 is 1.33 bits per heavy atom. The van der Waals surface area contributed by atoms with Gasteiger partial charge in [0.05, 0.1) is 12.8 Å². The van der Waals surface area contributed by atoms with Crippen molar-refractivity contribution in [2.75, 3.05) is 6.61 Å². The number of nitrogens with zero attached hydrogens (tertiary/aromatic N) is 1. The first-order valence-corrected chi connectivity index (χ1v) is 6.30. The molecule has 0 fully saturated rings. The van der Waals surface area contributed by atoms with Crippen molar-refractivity contribution in [1.82, 2.24) is 4.98 Å². The van der Waals surface area contributed by atoms with E-state index in [1.54, 1.807) is 6.20 Å². The van der Waals surface area contributed by atoms with E-state index in [9.17, 15) is 0 Å². The van der Waals surface area contributed by atoms with E-state index >= 15 is 0 Å². The lowest BCUT2D eigenvalue weighted by atomic mass is 9.92. The van der Waals surface area contributed by atoms with Gasteiger partial charge in [0.15, 0.2) is 0 Å². The smallest absolute Gasteiger partial charge is 0.137 e. The van der Waals surface area contributed by atoms with Crippen molar-refractivity contribution >= 4 is 0 Å². The third-order valence-electron chi connectivity index (χ3n) is 2.77. The molecular weight excluding hydrogens is 222 g/mol. The maximum absolute atomic E-state index is 5.70. The van der Waals surface area contributed by atoms with Gasteiger partial charge < -0.3 is 4.74 Å². The van der Waals surface area contributed by atoms with E-state index in [0.717, 1.165) is 17.9 Å². The van der Waals surface area contributed by atoms with Crippen molar-refractivity contribution in [3.05, 3.63) is 49.3 Å². The van der Waals surface area contributed by atoms with E-state index in [0.29, 0.717) is 12.5 Å². The van der Waals surface area contributed by atoms with Crippen molar-refractivity contribution in [3.63, 3.8) is 0 Å². The summed E-state index contributed by atoms with van der Waals surface area (Å²) < 4.78 is 5.70. The van der Waals surface area contributed by atoms with E-state index in [-0.39, 0.29) is 5.41 Å². The molecule has 1 unspecified atom stereocenters. The van der Waals surface area contributed by atoms with Gasteiger partial charge in [-0.2, -0.15) is 0 Å². The van der Waals surface area contributed by atoms with Crippen LogP contribution in [0.1, 0.15) is 32.9 Å². The van der Waals surface area contributed by atoms with E-state index in [4.69, 9.17) is 4.74 Å². The van der Waals surface area contributed by atoms with Crippen LogP contribution in [0.3, 0.4) is 0 Å². The Morgan fingerprint density at radius 3 is 2.50 bits per heavy atom. The fourth-order valence-electron chi connectivity index (χ4n) is 1.56. The van der Waals surface area contributed by atoms with Gasteiger partial charge in [0.2, 0.25) is 0 Å². The molecule has 0 aliphatic carbocycles. The lowest BCUT2D eigenvalue weighted by Gasteiger charge is -2.18. The molecule has 1 rings (SSSR count). The molecule has 0 bridgehead atoms. The van der Waals surface area contributed by atoms with E-state index in [2.05, 4.69) is 38.9 Å². The summed E-state index contributed by atoms with van der Waals surface area (Å²) in [7, 11) is 0. The summed E-state index contributed by atoms with van der Waals surface area (Å²) in [4.78, 5) is 4.43. The molecule has 0 aromatic carbocycles. The number of rotatable bonds is 6. The molecule has 0 spiro atoms. The Kier molecular flexibility index (Phi) is 5.14. The van der Waals surface area contributed by atoms with Crippen LogP contribution >= 0.6 is 0 Å². The molecule has 2 nitrogen and oxygen atoms in total. The molecule has 0 aliphatic rings. The highest BCUT2D eigenvalue weighted by Gasteiger charge is 2.14. The van der Waals surface area contributed by atoms with Crippen LogP contribution in [-0.4, -0.2) is 11.6 Å². The second-order valence-electron chi connectivity index (χ2n) is 5.46. The SMILES string of the molecule is C=CCC(C=C)COc1ccc(C(C)(C)C)nc1. The van der Waals surface area contributed by atoms with Gasteiger partial charge in [-0.15, -0.1) is 13.2 Å². The van der Waals surface area contributed by atoms with E-state index in [1.165, 1.54) is 0 Å². The maximum Gasteiger partial charge on any atom is 0.137 e. The van der Waals surface area contributed by atoms with Crippen LogP contribution in [0, 0.1) is 5.92 Å². The van der Waals surface area contributed by atoms with E-state index < -0.39 is 0 Å². The number of hydrogen-bond acceptors (Lipinski definition) is 2. The number of hydrogen-bond donors (Lipinski definition) is 0. The molecule has 0 N–H and O–H groups in total. The zero-order chi connectivity index (χ0) is 13.6. The Hall–Kier alpha value is -1.57. The van der Waals surface area contributed by atoms with Crippen LogP contribution in [0.2, 0.25) is 0 Å². The van der Waals surface area contributed by atoms with Crippen molar-refractivity contribution in [2.24, 2.45) is 5.92 Å². The Labute approximate surface area is 110 Å². The summed E-state index contributed by atoms with van der Waals surface area (Å²) in [6, 6.07) is 3.99. The second kappa shape index (κ2) is 6.39. The maximum atomic E-state index is 5.70. The van der Waals surface area contributed by atoms with Gasteiger partial charge in [-0.25, -0.2) is 0 Å². The molecule has 98 valence electrons. The van der Waals surface area contributed by atoms with Crippen LogP contribution in [0.5, 0.6) is 5.75 Å². The summed E-state index contributed by atoms with van der Waals surface area (Å²) >= 11 is 0. The molecule has 1 aromatic rings. The predicted molar refractivity (Wildman–Crippen MR) is 76.9 cm³/mol. The molecule has 18 heavy (non-hydrogen) atoms. The van der Waals surface area contributed by atoms with Crippen molar-refractivity contribution in [3.8, 4) is 5.75 Å². The first-order chi connectivity index (χ1) is 8.47. The van der Waals surface area contributed by atoms with Crippen molar-refractivity contribution in [1.29, 1.82) is 0 Å². The minimum atomic E-state index is 0.0744. The lowest BCUT2D eigenvalue weighted by Crippen LogP contribution is -2.13. The average molecular weight is 245 g/mol.